The number of carbonyl (C=O) groups excluding carboxylic acids is 1. The lowest BCUT2D eigenvalue weighted by molar-refractivity contribution is -0.150. The Kier molecular flexibility index (Phi) is 6.69. The van der Waals surface area contributed by atoms with Crippen molar-refractivity contribution in [2.75, 3.05) is 44.2 Å². The second-order valence-electron chi connectivity index (χ2n) is 7.77. The van der Waals surface area contributed by atoms with E-state index in [1.165, 1.54) is 0 Å². The van der Waals surface area contributed by atoms with Crippen molar-refractivity contribution >= 4 is 11.9 Å². The quantitative estimate of drug-likeness (QED) is 0.749. The third kappa shape index (κ3) is 5.52. The van der Waals surface area contributed by atoms with Crippen LogP contribution in [0.1, 0.15) is 24.0 Å². The van der Waals surface area contributed by atoms with E-state index in [4.69, 9.17) is 4.74 Å². The smallest absolute Gasteiger partial charge is 0.309 e. The maximum Gasteiger partial charge on any atom is 0.309 e. The molecule has 0 aliphatic carbocycles. The normalized spacial score (nSPS) is 18.6. The van der Waals surface area contributed by atoms with Crippen molar-refractivity contribution in [2.45, 2.75) is 26.0 Å². The van der Waals surface area contributed by atoms with Crippen molar-refractivity contribution in [1.29, 1.82) is 0 Å². The summed E-state index contributed by atoms with van der Waals surface area (Å²) in [5.41, 5.74) is 2.17. The number of hydrogen-bond donors (Lipinski definition) is 1. The average Bonchev–Trinajstić information content (AvgIpc) is 2.79. The number of hydrogen-bond acceptors (Lipinski definition) is 7. The predicted octanol–water partition coefficient (Wildman–Crippen LogP) is 1.84. The van der Waals surface area contributed by atoms with Gasteiger partial charge in [0.2, 0.25) is 5.95 Å². The largest absolute Gasteiger partial charge is 0.461 e. The molecule has 1 N–H and O–H groups in total. The fraction of sp³-hybridized carbons (Fsp3) is 0.500. The van der Waals surface area contributed by atoms with Gasteiger partial charge in [-0.05, 0) is 18.4 Å². The van der Waals surface area contributed by atoms with Gasteiger partial charge in [-0.3, -0.25) is 9.69 Å². The summed E-state index contributed by atoms with van der Waals surface area (Å²) < 4.78 is 5.50. The van der Waals surface area contributed by atoms with E-state index in [1.807, 2.05) is 42.7 Å². The maximum absolute atomic E-state index is 12.4. The molecule has 2 aliphatic rings. The maximum atomic E-state index is 12.4. The topological polar surface area (TPSA) is 70.6 Å². The van der Waals surface area contributed by atoms with Gasteiger partial charge < -0.3 is 15.0 Å². The number of aromatic nitrogens is 2. The summed E-state index contributed by atoms with van der Waals surface area (Å²) >= 11 is 0. The zero-order chi connectivity index (χ0) is 19.9. The highest BCUT2D eigenvalue weighted by Gasteiger charge is 2.27. The third-order valence-corrected chi connectivity index (χ3v) is 5.64. The molecule has 0 radical (unpaired) electrons. The molecule has 0 spiro atoms. The second-order valence-corrected chi connectivity index (χ2v) is 7.77. The first kappa shape index (κ1) is 19.8. The van der Waals surface area contributed by atoms with Gasteiger partial charge in [-0.15, -0.1) is 0 Å². The van der Waals surface area contributed by atoms with Crippen molar-refractivity contribution in [1.82, 2.24) is 20.2 Å². The van der Waals surface area contributed by atoms with E-state index in [-0.39, 0.29) is 11.9 Å². The lowest BCUT2D eigenvalue weighted by Gasteiger charge is -2.31. The standard InChI is InChI=1S/C22H29N5O2/c28-21(29-17-18-4-2-1-3-5-18)20-6-10-27(11-7-20)22-24-14-19(15-25-22)16-26-12-8-23-9-13-26/h1-5,14-15,20,23H,6-13,16-17H2. The van der Waals surface area contributed by atoms with E-state index in [0.717, 1.165) is 75.7 Å². The molecule has 154 valence electrons. The van der Waals surface area contributed by atoms with Crippen LogP contribution in [0.25, 0.3) is 0 Å². The summed E-state index contributed by atoms with van der Waals surface area (Å²) in [4.78, 5) is 26.1. The lowest BCUT2D eigenvalue weighted by atomic mass is 9.97. The summed E-state index contributed by atoms with van der Waals surface area (Å²) in [5, 5.41) is 3.37. The highest BCUT2D eigenvalue weighted by Crippen LogP contribution is 2.22. The van der Waals surface area contributed by atoms with Crippen LogP contribution in [0.4, 0.5) is 5.95 Å². The van der Waals surface area contributed by atoms with Crippen LogP contribution in [-0.2, 0) is 22.7 Å². The number of nitrogens with zero attached hydrogens (tertiary/aromatic N) is 4. The Labute approximate surface area is 172 Å². The Bertz CT molecular complexity index is 770. The van der Waals surface area contributed by atoms with Crippen LogP contribution in [0, 0.1) is 5.92 Å². The molecule has 1 aromatic carbocycles. The molecule has 2 fully saturated rings. The fourth-order valence-corrected chi connectivity index (χ4v) is 3.88. The van der Waals surface area contributed by atoms with Crippen LogP contribution in [0.3, 0.4) is 0 Å². The molecule has 29 heavy (non-hydrogen) atoms. The summed E-state index contributed by atoms with van der Waals surface area (Å²) in [5.74, 6) is 0.618. The Morgan fingerprint density at radius 1 is 1.00 bits per heavy atom. The average molecular weight is 396 g/mol. The molecule has 2 aromatic rings. The number of benzene rings is 1. The van der Waals surface area contributed by atoms with Gasteiger partial charge in [0.25, 0.3) is 0 Å². The van der Waals surface area contributed by atoms with Gasteiger partial charge in [0.1, 0.15) is 6.61 Å². The molecule has 2 saturated heterocycles. The predicted molar refractivity (Wildman–Crippen MR) is 111 cm³/mol. The van der Waals surface area contributed by atoms with Crippen LogP contribution in [0.5, 0.6) is 0 Å². The molecule has 0 amide bonds. The number of piperidine rings is 1. The van der Waals surface area contributed by atoms with Crippen molar-refractivity contribution in [3.8, 4) is 0 Å². The minimum absolute atomic E-state index is 0.0399. The van der Waals surface area contributed by atoms with Gasteiger partial charge in [0, 0.05) is 63.8 Å². The molecule has 0 unspecified atom stereocenters. The zero-order valence-corrected chi connectivity index (χ0v) is 16.8. The monoisotopic (exact) mass is 395 g/mol. The molecule has 0 bridgehead atoms. The minimum atomic E-state index is -0.0965. The number of nitrogens with one attached hydrogen (secondary N) is 1. The van der Waals surface area contributed by atoms with E-state index in [1.54, 1.807) is 0 Å². The number of carbonyl (C=O) groups is 1. The van der Waals surface area contributed by atoms with E-state index in [9.17, 15) is 4.79 Å². The number of esters is 1. The Morgan fingerprint density at radius 2 is 1.69 bits per heavy atom. The Hall–Kier alpha value is -2.51. The van der Waals surface area contributed by atoms with Crippen molar-refractivity contribution < 1.29 is 9.53 Å². The van der Waals surface area contributed by atoms with Crippen molar-refractivity contribution in [3.05, 3.63) is 53.9 Å². The van der Waals surface area contributed by atoms with Crippen LogP contribution >= 0.6 is 0 Å². The fourth-order valence-electron chi connectivity index (χ4n) is 3.88. The van der Waals surface area contributed by atoms with E-state index in [2.05, 4.69) is 25.1 Å². The highest BCUT2D eigenvalue weighted by molar-refractivity contribution is 5.72. The summed E-state index contributed by atoms with van der Waals surface area (Å²) in [6, 6.07) is 9.81. The molecule has 7 nitrogen and oxygen atoms in total. The van der Waals surface area contributed by atoms with Gasteiger partial charge in [0.15, 0.2) is 0 Å². The summed E-state index contributed by atoms with van der Waals surface area (Å²) in [6.07, 6.45) is 5.42. The first-order valence-electron chi connectivity index (χ1n) is 10.5. The van der Waals surface area contributed by atoms with Crippen LogP contribution in [0.2, 0.25) is 0 Å². The molecule has 3 heterocycles. The third-order valence-electron chi connectivity index (χ3n) is 5.64. The van der Waals surface area contributed by atoms with E-state index < -0.39 is 0 Å². The van der Waals surface area contributed by atoms with Crippen molar-refractivity contribution in [3.63, 3.8) is 0 Å². The molecule has 1 aromatic heterocycles. The Balaban J connectivity index is 1.23. The van der Waals surface area contributed by atoms with Crippen LogP contribution < -0.4 is 10.2 Å². The summed E-state index contributed by atoms with van der Waals surface area (Å²) in [6.45, 7) is 7.02. The number of ether oxygens (including phenoxy) is 1. The SMILES string of the molecule is O=C(OCc1ccccc1)C1CCN(c2ncc(CN3CCNCC3)cn2)CC1. The Morgan fingerprint density at radius 3 is 2.38 bits per heavy atom. The van der Waals surface area contributed by atoms with Gasteiger partial charge >= 0.3 is 5.97 Å². The number of anilines is 1. The van der Waals surface area contributed by atoms with E-state index in [0.29, 0.717) is 6.61 Å². The van der Waals surface area contributed by atoms with Crippen molar-refractivity contribution in [2.24, 2.45) is 5.92 Å². The van der Waals surface area contributed by atoms with E-state index >= 15 is 0 Å². The molecule has 7 heteroatoms. The summed E-state index contributed by atoms with van der Waals surface area (Å²) in [7, 11) is 0. The zero-order valence-electron chi connectivity index (χ0n) is 16.8. The highest BCUT2D eigenvalue weighted by atomic mass is 16.5. The lowest BCUT2D eigenvalue weighted by Crippen LogP contribution is -2.43. The molecule has 2 aliphatic heterocycles. The first-order chi connectivity index (χ1) is 14.3. The molecule has 4 rings (SSSR count). The second kappa shape index (κ2) is 9.80. The number of piperazine rings is 1. The molecular formula is C22H29N5O2. The molecule has 0 atom stereocenters. The molecular weight excluding hydrogens is 366 g/mol. The minimum Gasteiger partial charge on any atom is -0.461 e. The van der Waals surface area contributed by atoms with Gasteiger partial charge in [-0.25, -0.2) is 9.97 Å². The van der Waals surface area contributed by atoms with Gasteiger partial charge in [-0.2, -0.15) is 0 Å². The van der Waals surface area contributed by atoms with Crippen LogP contribution in [-0.4, -0.2) is 60.1 Å². The molecule has 0 saturated carbocycles. The first-order valence-corrected chi connectivity index (χ1v) is 10.5. The van der Waals surface area contributed by atoms with Crippen LogP contribution in [0.15, 0.2) is 42.7 Å². The van der Waals surface area contributed by atoms with Gasteiger partial charge in [0.05, 0.1) is 5.92 Å². The number of rotatable bonds is 6. The van der Waals surface area contributed by atoms with Gasteiger partial charge in [-0.1, -0.05) is 30.3 Å².